The minimum atomic E-state index is -0.973. The first kappa shape index (κ1) is 13.4. The van der Waals surface area contributed by atoms with Gasteiger partial charge in [-0.25, -0.2) is 4.79 Å². The first-order valence-corrected chi connectivity index (χ1v) is 6.17. The van der Waals surface area contributed by atoms with Crippen molar-refractivity contribution in [2.75, 3.05) is 6.61 Å². The fourth-order valence-electron chi connectivity index (χ4n) is 2.14. The van der Waals surface area contributed by atoms with E-state index in [9.17, 15) is 9.90 Å². The van der Waals surface area contributed by atoms with E-state index in [1.165, 1.54) is 0 Å². The van der Waals surface area contributed by atoms with Gasteiger partial charge in [0.15, 0.2) is 6.10 Å². The van der Waals surface area contributed by atoms with Crippen molar-refractivity contribution in [3.8, 4) is 5.75 Å². The molecule has 0 aromatic heterocycles. The summed E-state index contributed by atoms with van der Waals surface area (Å²) >= 11 is 0. The topological polar surface area (TPSA) is 66.8 Å². The van der Waals surface area contributed by atoms with Crippen LogP contribution in [0.3, 0.4) is 0 Å². The summed E-state index contributed by atoms with van der Waals surface area (Å²) < 4.78 is 5.22. The lowest BCUT2D eigenvalue weighted by Gasteiger charge is -2.14. The fraction of sp³-hybridized carbons (Fsp3) is 0.267. The number of carboxylic acid groups (broad SMARTS) is 1. The Morgan fingerprint density at radius 2 is 1.89 bits per heavy atom. The van der Waals surface area contributed by atoms with Crippen LogP contribution in [0, 0.1) is 0 Å². The van der Waals surface area contributed by atoms with Crippen LogP contribution >= 0.6 is 0 Å². The number of phenols is 1. The summed E-state index contributed by atoms with van der Waals surface area (Å²) in [5.74, 6) is -0.776. The van der Waals surface area contributed by atoms with Gasteiger partial charge in [-0.05, 0) is 23.9 Å². The van der Waals surface area contributed by atoms with E-state index in [0.29, 0.717) is 6.61 Å². The van der Waals surface area contributed by atoms with Gasteiger partial charge in [-0.1, -0.05) is 30.3 Å². The van der Waals surface area contributed by atoms with E-state index >= 15 is 0 Å². The largest absolute Gasteiger partial charge is 0.507 e. The van der Waals surface area contributed by atoms with Crippen molar-refractivity contribution in [3.05, 3.63) is 42.0 Å². The number of phenolic OH excluding ortho intramolecular Hbond substituents is 1. The molecule has 2 aromatic carbocycles. The highest BCUT2D eigenvalue weighted by atomic mass is 16.5. The maximum Gasteiger partial charge on any atom is 0.333 e. The van der Waals surface area contributed by atoms with Crippen molar-refractivity contribution in [2.45, 2.75) is 19.4 Å². The van der Waals surface area contributed by atoms with Gasteiger partial charge in [-0.2, -0.15) is 0 Å². The monoisotopic (exact) mass is 260 g/mol. The van der Waals surface area contributed by atoms with Crippen molar-refractivity contribution in [1.29, 1.82) is 0 Å². The average Bonchev–Trinajstić information content (AvgIpc) is 2.41. The SMILES string of the molecule is CCOC(Cc1ccc(O)c2ccccc12)C(=O)O. The minimum absolute atomic E-state index is 0.197. The van der Waals surface area contributed by atoms with Gasteiger partial charge in [-0.3, -0.25) is 0 Å². The molecule has 0 radical (unpaired) electrons. The van der Waals surface area contributed by atoms with Crippen LogP contribution in [0.4, 0.5) is 0 Å². The molecule has 4 nitrogen and oxygen atoms in total. The highest BCUT2D eigenvalue weighted by molar-refractivity contribution is 5.91. The zero-order chi connectivity index (χ0) is 13.8. The molecule has 1 atom stereocenters. The van der Waals surface area contributed by atoms with Gasteiger partial charge in [0.05, 0.1) is 0 Å². The summed E-state index contributed by atoms with van der Waals surface area (Å²) in [4.78, 5) is 11.1. The van der Waals surface area contributed by atoms with Gasteiger partial charge in [0.25, 0.3) is 0 Å². The standard InChI is InChI=1S/C15H16O4/c1-2-19-14(15(17)18)9-10-7-8-13(16)12-6-4-3-5-11(10)12/h3-8,14,16H,2,9H2,1H3,(H,17,18). The molecule has 0 bridgehead atoms. The summed E-state index contributed by atoms with van der Waals surface area (Å²) in [6.45, 7) is 2.12. The number of hydrogen-bond donors (Lipinski definition) is 2. The van der Waals surface area contributed by atoms with Crippen LogP contribution in [-0.4, -0.2) is 28.9 Å². The molecule has 0 aliphatic rings. The van der Waals surface area contributed by atoms with Crippen LogP contribution < -0.4 is 0 Å². The molecule has 2 rings (SSSR count). The lowest BCUT2D eigenvalue weighted by atomic mass is 9.99. The Labute approximate surface area is 111 Å². The normalized spacial score (nSPS) is 12.5. The van der Waals surface area contributed by atoms with Crippen molar-refractivity contribution in [3.63, 3.8) is 0 Å². The van der Waals surface area contributed by atoms with E-state index < -0.39 is 12.1 Å². The first-order valence-electron chi connectivity index (χ1n) is 6.17. The summed E-state index contributed by atoms with van der Waals surface area (Å²) in [5.41, 5.74) is 0.856. The second-order valence-corrected chi connectivity index (χ2v) is 4.28. The summed E-state index contributed by atoms with van der Waals surface area (Å²) in [6.07, 6.45) is -0.581. The third-order valence-corrected chi connectivity index (χ3v) is 3.04. The van der Waals surface area contributed by atoms with E-state index in [2.05, 4.69) is 0 Å². The number of ether oxygens (including phenoxy) is 1. The predicted octanol–water partition coefficient (Wildman–Crippen LogP) is 2.58. The van der Waals surface area contributed by atoms with Crippen LogP contribution in [0.2, 0.25) is 0 Å². The van der Waals surface area contributed by atoms with Crippen molar-refractivity contribution in [2.24, 2.45) is 0 Å². The summed E-state index contributed by atoms with van der Waals surface area (Å²) in [7, 11) is 0. The zero-order valence-corrected chi connectivity index (χ0v) is 10.7. The van der Waals surface area contributed by atoms with Crippen LogP contribution in [0.25, 0.3) is 10.8 Å². The quantitative estimate of drug-likeness (QED) is 0.867. The van der Waals surface area contributed by atoms with Crippen LogP contribution in [0.1, 0.15) is 12.5 Å². The molecular formula is C15H16O4. The number of hydrogen-bond acceptors (Lipinski definition) is 3. The summed E-state index contributed by atoms with van der Waals surface area (Å²) in [5, 5.41) is 20.5. The number of aliphatic carboxylic acids is 1. The Bertz CT molecular complexity index is 592. The molecule has 0 aliphatic heterocycles. The molecule has 100 valence electrons. The number of benzene rings is 2. The molecule has 1 unspecified atom stereocenters. The highest BCUT2D eigenvalue weighted by Crippen LogP contribution is 2.28. The number of fused-ring (bicyclic) bond motifs is 1. The molecule has 0 saturated carbocycles. The first-order chi connectivity index (χ1) is 9.13. The Kier molecular flexibility index (Phi) is 4.02. The maximum absolute atomic E-state index is 11.1. The van der Waals surface area contributed by atoms with Crippen LogP contribution in [-0.2, 0) is 16.0 Å². The van der Waals surface area contributed by atoms with Gasteiger partial charge in [0, 0.05) is 18.4 Å². The number of carboxylic acids is 1. The van der Waals surface area contributed by atoms with E-state index in [-0.39, 0.29) is 12.2 Å². The van der Waals surface area contributed by atoms with Crippen molar-refractivity contribution < 1.29 is 19.7 Å². The molecule has 2 aromatic rings. The van der Waals surface area contributed by atoms with E-state index in [4.69, 9.17) is 9.84 Å². The molecular weight excluding hydrogens is 244 g/mol. The maximum atomic E-state index is 11.1. The Morgan fingerprint density at radius 3 is 2.53 bits per heavy atom. The van der Waals surface area contributed by atoms with Crippen LogP contribution in [0.15, 0.2) is 36.4 Å². The van der Waals surface area contributed by atoms with Gasteiger partial charge < -0.3 is 14.9 Å². The smallest absolute Gasteiger partial charge is 0.333 e. The zero-order valence-electron chi connectivity index (χ0n) is 10.7. The Hall–Kier alpha value is -2.07. The molecule has 0 amide bonds. The minimum Gasteiger partial charge on any atom is -0.507 e. The van der Waals surface area contributed by atoms with Crippen LogP contribution in [0.5, 0.6) is 5.75 Å². The van der Waals surface area contributed by atoms with Gasteiger partial charge >= 0.3 is 5.97 Å². The third kappa shape index (κ3) is 2.85. The number of carbonyl (C=O) groups is 1. The van der Waals surface area contributed by atoms with Gasteiger partial charge in [0.2, 0.25) is 0 Å². The second-order valence-electron chi connectivity index (χ2n) is 4.28. The van der Waals surface area contributed by atoms with Crippen molar-refractivity contribution in [1.82, 2.24) is 0 Å². The molecule has 0 fully saturated rings. The Morgan fingerprint density at radius 1 is 1.21 bits per heavy atom. The molecule has 0 saturated heterocycles. The highest BCUT2D eigenvalue weighted by Gasteiger charge is 2.19. The van der Waals surface area contributed by atoms with Gasteiger partial charge in [0.1, 0.15) is 5.75 Å². The van der Waals surface area contributed by atoms with Crippen molar-refractivity contribution >= 4 is 16.7 Å². The summed E-state index contributed by atoms with van der Waals surface area (Å²) in [6, 6.07) is 10.7. The lowest BCUT2D eigenvalue weighted by Crippen LogP contribution is -2.26. The average molecular weight is 260 g/mol. The van der Waals surface area contributed by atoms with E-state index in [1.807, 2.05) is 24.3 Å². The number of aromatic hydroxyl groups is 1. The fourth-order valence-corrected chi connectivity index (χ4v) is 2.14. The predicted molar refractivity (Wildman–Crippen MR) is 72.4 cm³/mol. The van der Waals surface area contributed by atoms with E-state index in [1.54, 1.807) is 19.1 Å². The molecule has 0 spiro atoms. The van der Waals surface area contributed by atoms with E-state index in [0.717, 1.165) is 16.3 Å². The molecule has 0 aliphatic carbocycles. The Balaban J connectivity index is 2.40. The molecule has 4 heteroatoms. The molecule has 2 N–H and O–H groups in total. The third-order valence-electron chi connectivity index (χ3n) is 3.04. The second kappa shape index (κ2) is 5.71. The molecule has 0 heterocycles. The number of rotatable bonds is 5. The lowest BCUT2D eigenvalue weighted by molar-refractivity contribution is -0.149. The van der Waals surface area contributed by atoms with Gasteiger partial charge in [-0.15, -0.1) is 0 Å². The molecule has 19 heavy (non-hydrogen) atoms.